The second kappa shape index (κ2) is 8.15. The van der Waals surface area contributed by atoms with E-state index in [1.165, 1.54) is 0 Å². The largest absolute Gasteiger partial charge is 0.444 e. The summed E-state index contributed by atoms with van der Waals surface area (Å²) < 4.78 is 29.3. The van der Waals surface area contributed by atoms with Crippen LogP contribution in [0.25, 0.3) is 0 Å². The smallest absolute Gasteiger partial charge is 0.412 e. The molecule has 6 nitrogen and oxygen atoms in total. The van der Waals surface area contributed by atoms with Crippen LogP contribution in [-0.2, 0) is 18.3 Å². The highest BCUT2D eigenvalue weighted by Gasteiger charge is 2.30. The van der Waals surface area contributed by atoms with E-state index in [4.69, 9.17) is 13.8 Å². The molecule has 0 unspecified atom stereocenters. The number of rotatable bonds is 6. The zero-order valence-electron chi connectivity index (χ0n) is 15.5. The average molecular weight is 357 g/mol. The van der Waals surface area contributed by atoms with E-state index in [0.29, 0.717) is 11.0 Å². The number of hydrogen-bond acceptors (Lipinski definition) is 5. The number of benzene rings is 1. The highest BCUT2D eigenvalue weighted by Crippen LogP contribution is 2.49. The zero-order chi connectivity index (χ0) is 18.5. The highest BCUT2D eigenvalue weighted by atomic mass is 31.2. The quantitative estimate of drug-likeness (QED) is 0.747. The van der Waals surface area contributed by atoms with Gasteiger partial charge in [-0.2, -0.15) is 0 Å². The van der Waals surface area contributed by atoms with Crippen molar-refractivity contribution in [1.82, 2.24) is 0 Å². The first kappa shape index (κ1) is 20.7. The van der Waals surface area contributed by atoms with Crippen molar-refractivity contribution in [2.45, 2.75) is 66.3 Å². The van der Waals surface area contributed by atoms with Crippen LogP contribution >= 0.6 is 7.60 Å². The van der Waals surface area contributed by atoms with Gasteiger partial charge in [0.1, 0.15) is 5.60 Å². The van der Waals surface area contributed by atoms with Crippen LogP contribution in [0.15, 0.2) is 24.3 Å². The van der Waals surface area contributed by atoms with E-state index >= 15 is 0 Å². The number of carbonyl (C=O) groups is 1. The van der Waals surface area contributed by atoms with Crippen molar-refractivity contribution in [3.05, 3.63) is 24.3 Å². The van der Waals surface area contributed by atoms with Crippen molar-refractivity contribution < 1.29 is 23.1 Å². The Morgan fingerprint density at radius 3 is 1.83 bits per heavy atom. The van der Waals surface area contributed by atoms with Crippen molar-refractivity contribution in [3.63, 3.8) is 0 Å². The summed E-state index contributed by atoms with van der Waals surface area (Å²) in [6.07, 6.45) is -1.03. The lowest BCUT2D eigenvalue weighted by atomic mass is 10.2. The maximum Gasteiger partial charge on any atom is 0.412 e. The minimum Gasteiger partial charge on any atom is -0.444 e. The summed E-state index contributed by atoms with van der Waals surface area (Å²) in [5.41, 5.74) is -0.0377. The van der Waals surface area contributed by atoms with Crippen LogP contribution in [0.5, 0.6) is 0 Å². The molecule has 0 spiro atoms. The van der Waals surface area contributed by atoms with E-state index in [2.05, 4.69) is 5.32 Å². The van der Waals surface area contributed by atoms with Crippen molar-refractivity contribution in [2.75, 3.05) is 5.32 Å². The van der Waals surface area contributed by atoms with Gasteiger partial charge in [0.2, 0.25) is 0 Å². The van der Waals surface area contributed by atoms with Crippen LogP contribution in [0.4, 0.5) is 10.5 Å². The third-order valence-corrected chi connectivity index (χ3v) is 4.86. The normalized spacial score (nSPS) is 12.5. The van der Waals surface area contributed by atoms with Crippen LogP contribution in [0.1, 0.15) is 48.5 Å². The summed E-state index contributed by atoms with van der Waals surface area (Å²) in [4.78, 5) is 11.8. The molecule has 1 aromatic carbocycles. The second-order valence-electron chi connectivity index (χ2n) is 6.98. The van der Waals surface area contributed by atoms with Gasteiger partial charge in [0.05, 0.1) is 17.5 Å². The van der Waals surface area contributed by atoms with Gasteiger partial charge in [-0.3, -0.25) is 9.88 Å². The number of carbonyl (C=O) groups excluding carboxylic acids is 1. The van der Waals surface area contributed by atoms with Gasteiger partial charge >= 0.3 is 13.7 Å². The molecule has 0 radical (unpaired) electrons. The summed E-state index contributed by atoms with van der Waals surface area (Å²) in [5, 5.41) is 3.07. The molecule has 0 aliphatic rings. The maximum atomic E-state index is 13.0. The SMILES string of the molecule is CC(C)OP(=O)(OC(C)C)c1ccc(NC(=O)OC(C)(C)C)cc1. The third kappa shape index (κ3) is 7.04. The van der Waals surface area contributed by atoms with Gasteiger partial charge in [0.15, 0.2) is 0 Å². The molecule has 0 bridgehead atoms. The first-order valence-electron chi connectivity index (χ1n) is 7.99. The number of ether oxygens (including phenoxy) is 1. The van der Waals surface area contributed by atoms with Crippen molar-refractivity contribution in [3.8, 4) is 0 Å². The first-order valence-corrected chi connectivity index (χ1v) is 9.53. The second-order valence-corrected chi connectivity index (χ2v) is 8.91. The monoisotopic (exact) mass is 357 g/mol. The fraction of sp³-hybridized carbons (Fsp3) is 0.588. The van der Waals surface area contributed by atoms with Crippen molar-refractivity contribution in [2.24, 2.45) is 0 Å². The molecule has 1 amide bonds. The van der Waals surface area contributed by atoms with Crippen LogP contribution in [0.2, 0.25) is 0 Å². The molecular weight excluding hydrogens is 329 g/mol. The Morgan fingerprint density at radius 1 is 1.00 bits per heavy atom. The van der Waals surface area contributed by atoms with E-state index in [1.54, 1.807) is 72.7 Å². The Bertz CT molecular complexity index is 576. The number of hydrogen-bond donors (Lipinski definition) is 1. The molecule has 0 saturated carbocycles. The lowest BCUT2D eigenvalue weighted by molar-refractivity contribution is 0.0636. The fourth-order valence-corrected chi connectivity index (χ4v) is 3.77. The van der Waals surface area contributed by atoms with E-state index in [0.717, 1.165) is 0 Å². The van der Waals surface area contributed by atoms with Crippen LogP contribution in [-0.4, -0.2) is 23.9 Å². The number of amides is 1. The molecule has 24 heavy (non-hydrogen) atoms. The van der Waals surface area contributed by atoms with Gasteiger partial charge < -0.3 is 13.8 Å². The molecular formula is C17H28NO5P. The molecule has 0 aromatic heterocycles. The first-order chi connectivity index (χ1) is 10.9. The van der Waals surface area contributed by atoms with Gasteiger partial charge in [-0.1, -0.05) is 0 Å². The summed E-state index contributed by atoms with van der Waals surface area (Å²) in [6, 6.07) is 6.52. The van der Waals surface area contributed by atoms with Crippen LogP contribution in [0, 0.1) is 0 Å². The lowest BCUT2D eigenvalue weighted by Crippen LogP contribution is -2.27. The predicted molar refractivity (Wildman–Crippen MR) is 96.0 cm³/mol. The Morgan fingerprint density at radius 2 is 1.46 bits per heavy atom. The molecule has 1 aromatic rings. The zero-order valence-corrected chi connectivity index (χ0v) is 16.3. The maximum absolute atomic E-state index is 13.0. The fourth-order valence-electron chi connectivity index (χ4n) is 1.85. The van der Waals surface area contributed by atoms with Crippen LogP contribution in [0.3, 0.4) is 0 Å². The van der Waals surface area contributed by atoms with Gasteiger partial charge in [-0.05, 0) is 72.7 Å². The molecule has 0 aliphatic heterocycles. The van der Waals surface area contributed by atoms with E-state index in [1.807, 2.05) is 0 Å². The van der Waals surface area contributed by atoms with E-state index in [9.17, 15) is 9.36 Å². The minimum atomic E-state index is -3.42. The van der Waals surface area contributed by atoms with Crippen molar-refractivity contribution in [1.29, 1.82) is 0 Å². The summed E-state index contributed by atoms with van der Waals surface area (Å²) in [5.74, 6) is 0. The molecule has 0 saturated heterocycles. The van der Waals surface area contributed by atoms with E-state index in [-0.39, 0.29) is 12.2 Å². The Labute approximate surface area is 144 Å². The van der Waals surface area contributed by atoms with E-state index < -0.39 is 19.3 Å². The summed E-state index contributed by atoms with van der Waals surface area (Å²) in [7, 11) is -3.42. The standard InChI is InChI=1S/C17H28NO5P/c1-12(2)22-24(20,23-13(3)4)15-10-8-14(9-11-15)18-16(19)21-17(5,6)7/h8-13H,1-7H3,(H,18,19). The number of anilines is 1. The molecule has 0 atom stereocenters. The third-order valence-electron chi connectivity index (χ3n) is 2.53. The van der Waals surface area contributed by atoms with Gasteiger partial charge in [0, 0.05) is 5.69 Å². The summed E-state index contributed by atoms with van der Waals surface area (Å²) in [6.45, 7) is 12.6. The molecule has 1 N–H and O–H groups in total. The van der Waals surface area contributed by atoms with Gasteiger partial charge in [0.25, 0.3) is 0 Å². The molecule has 0 fully saturated rings. The molecule has 0 aliphatic carbocycles. The molecule has 7 heteroatoms. The van der Waals surface area contributed by atoms with Gasteiger partial charge in [-0.15, -0.1) is 0 Å². The van der Waals surface area contributed by atoms with Crippen LogP contribution < -0.4 is 10.6 Å². The minimum absolute atomic E-state index is 0.242. The molecule has 136 valence electrons. The Kier molecular flexibility index (Phi) is 7.02. The Hall–Kier alpha value is -1.36. The average Bonchev–Trinajstić information content (AvgIpc) is 2.34. The number of nitrogens with one attached hydrogen (secondary N) is 1. The van der Waals surface area contributed by atoms with Gasteiger partial charge in [-0.25, -0.2) is 4.79 Å². The topological polar surface area (TPSA) is 73.9 Å². The highest BCUT2D eigenvalue weighted by molar-refractivity contribution is 7.62. The molecule has 1 rings (SSSR count). The molecule has 0 heterocycles. The lowest BCUT2D eigenvalue weighted by Gasteiger charge is -2.23. The summed E-state index contributed by atoms with van der Waals surface area (Å²) >= 11 is 0. The predicted octanol–water partition coefficient (Wildman–Crippen LogP) is 4.70. The van der Waals surface area contributed by atoms with Crippen molar-refractivity contribution >= 4 is 24.7 Å². The Balaban J connectivity index is 2.91.